The molecule has 0 aliphatic carbocycles. The molecule has 0 amide bonds. The van der Waals surface area contributed by atoms with E-state index in [-0.39, 0.29) is 5.56 Å². The van der Waals surface area contributed by atoms with Gasteiger partial charge in [-0.05, 0) is 30.3 Å². The van der Waals surface area contributed by atoms with Crippen LogP contribution in [0.1, 0.15) is 12.0 Å². The second-order valence-electron chi connectivity index (χ2n) is 4.21. The van der Waals surface area contributed by atoms with E-state index in [0.29, 0.717) is 18.7 Å². The number of hydrogen-bond donors (Lipinski definition) is 0. The van der Waals surface area contributed by atoms with Crippen molar-refractivity contribution in [2.75, 3.05) is 11.4 Å². The summed E-state index contributed by atoms with van der Waals surface area (Å²) in [7, 11) is 0. The molecule has 0 fully saturated rings. The van der Waals surface area contributed by atoms with E-state index in [2.05, 4.69) is 6.07 Å². The van der Waals surface area contributed by atoms with Crippen LogP contribution < -0.4 is 4.90 Å². The van der Waals surface area contributed by atoms with Gasteiger partial charge in [0, 0.05) is 17.9 Å². The SMILES string of the molecule is N#CCCN(c1ccccc1)c1cc(F)cc(C#N)c1. The Morgan fingerprint density at radius 3 is 2.40 bits per heavy atom. The minimum absolute atomic E-state index is 0.262. The Morgan fingerprint density at radius 2 is 1.75 bits per heavy atom. The third kappa shape index (κ3) is 3.13. The highest BCUT2D eigenvalue weighted by Gasteiger charge is 2.11. The smallest absolute Gasteiger partial charge is 0.126 e. The molecule has 0 radical (unpaired) electrons. The standard InChI is InChI=1S/C16H12FN3/c17-14-9-13(12-19)10-16(11-14)20(8-4-7-18)15-5-2-1-3-6-15/h1-3,5-6,9-11H,4,8H2. The maximum atomic E-state index is 13.6. The number of para-hydroxylation sites is 1. The highest BCUT2D eigenvalue weighted by molar-refractivity contribution is 5.64. The summed E-state index contributed by atoms with van der Waals surface area (Å²) in [5.74, 6) is -0.461. The molecule has 0 heterocycles. The van der Waals surface area contributed by atoms with Gasteiger partial charge in [0.2, 0.25) is 0 Å². The number of benzene rings is 2. The van der Waals surface area contributed by atoms with E-state index >= 15 is 0 Å². The molecule has 0 saturated heterocycles. The van der Waals surface area contributed by atoms with Crippen molar-refractivity contribution in [3.8, 4) is 12.1 Å². The maximum absolute atomic E-state index is 13.6. The largest absolute Gasteiger partial charge is 0.340 e. The first-order valence-corrected chi connectivity index (χ1v) is 6.15. The summed E-state index contributed by atoms with van der Waals surface area (Å²) in [5.41, 5.74) is 1.69. The fraction of sp³-hybridized carbons (Fsp3) is 0.125. The number of anilines is 2. The molecule has 0 saturated carbocycles. The molecule has 4 heteroatoms. The van der Waals surface area contributed by atoms with Crippen molar-refractivity contribution in [1.82, 2.24) is 0 Å². The summed E-state index contributed by atoms with van der Waals surface area (Å²) in [5, 5.41) is 17.7. The molecule has 2 aromatic rings. The second kappa shape index (κ2) is 6.36. The zero-order valence-electron chi connectivity index (χ0n) is 10.8. The van der Waals surface area contributed by atoms with Gasteiger partial charge < -0.3 is 4.90 Å². The van der Waals surface area contributed by atoms with Crippen molar-refractivity contribution in [3.63, 3.8) is 0 Å². The molecule has 0 bridgehead atoms. The zero-order chi connectivity index (χ0) is 14.4. The van der Waals surface area contributed by atoms with Gasteiger partial charge in [0.25, 0.3) is 0 Å². The van der Waals surface area contributed by atoms with Gasteiger partial charge in [0.15, 0.2) is 0 Å². The number of hydrogen-bond acceptors (Lipinski definition) is 3. The van der Waals surface area contributed by atoms with Gasteiger partial charge >= 0.3 is 0 Å². The van der Waals surface area contributed by atoms with Crippen LogP contribution in [0.3, 0.4) is 0 Å². The van der Waals surface area contributed by atoms with Crippen LogP contribution in [0.2, 0.25) is 0 Å². The molecule has 0 atom stereocenters. The van der Waals surface area contributed by atoms with Crippen LogP contribution >= 0.6 is 0 Å². The lowest BCUT2D eigenvalue weighted by Gasteiger charge is -2.24. The molecule has 98 valence electrons. The van der Waals surface area contributed by atoms with Gasteiger partial charge in [-0.15, -0.1) is 0 Å². The topological polar surface area (TPSA) is 50.8 Å². The molecule has 0 aromatic heterocycles. The molecule has 3 nitrogen and oxygen atoms in total. The van der Waals surface area contributed by atoms with E-state index in [1.807, 2.05) is 41.3 Å². The maximum Gasteiger partial charge on any atom is 0.126 e. The highest BCUT2D eigenvalue weighted by Crippen LogP contribution is 2.27. The quantitative estimate of drug-likeness (QED) is 0.846. The first kappa shape index (κ1) is 13.6. The monoisotopic (exact) mass is 265 g/mol. The number of nitrogens with zero attached hydrogens (tertiary/aromatic N) is 3. The van der Waals surface area contributed by atoms with E-state index in [0.717, 1.165) is 5.69 Å². The molecule has 2 rings (SSSR count). The van der Waals surface area contributed by atoms with Crippen LogP contribution in [0.15, 0.2) is 48.5 Å². The first-order valence-electron chi connectivity index (χ1n) is 6.15. The van der Waals surface area contributed by atoms with E-state index in [4.69, 9.17) is 10.5 Å². The highest BCUT2D eigenvalue weighted by atomic mass is 19.1. The van der Waals surface area contributed by atoms with Crippen molar-refractivity contribution in [1.29, 1.82) is 10.5 Å². The van der Waals surface area contributed by atoms with Crippen LogP contribution in [0.25, 0.3) is 0 Å². The van der Waals surface area contributed by atoms with Crippen LogP contribution in [0.5, 0.6) is 0 Å². The van der Waals surface area contributed by atoms with Gasteiger partial charge in [-0.25, -0.2) is 4.39 Å². The summed E-state index contributed by atoms with van der Waals surface area (Å²) < 4.78 is 13.6. The van der Waals surface area contributed by atoms with Crippen LogP contribution in [-0.4, -0.2) is 6.54 Å². The Hall–Kier alpha value is -2.85. The third-order valence-electron chi connectivity index (χ3n) is 2.84. The second-order valence-corrected chi connectivity index (χ2v) is 4.21. The Balaban J connectivity index is 2.44. The first-order chi connectivity index (χ1) is 9.74. The number of rotatable bonds is 4. The molecule has 2 aromatic carbocycles. The molecule has 0 aliphatic rings. The van der Waals surface area contributed by atoms with Gasteiger partial charge in [-0.1, -0.05) is 18.2 Å². The molecule has 0 spiro atoms. The fourth-order valence-corrected chi connectivity index (χ4v) is 1.97. The normalized spacial score (nSPS) is 9.55. The summed E-state index contributed by atoms with van der Waals surface area (Å²) in [6, 6.07) is 17.6. The van der Waals surface area contributed by atoms with Crippen molar-refractivity contribution < 1.29 is 4.39 Å². The lowest BCUT2D eigenvalue weighted by molar-refractivity contribution is 0.627. The van der Waals surface area contributed by atoms with Crippen LogP contribution in [0, 0.1) is 28.5 Å². The molecule has 20 heavy (non-hydrogen) atoms. The van der Waals surface area contributed by atoms with Gasteiger partial charge in [-0.2, -0.15) is 10.5 Å². The molecular formula is C16H12FN3. The Kier molecular flexibility index (Phi) is 4.32. The fourth-order valence-electron chi connectivity index (χ4n) is 1.97. The minimum Gasteiger partial charge on any atom is -0.340 e. The van der Waals surface area contributed by atoms with E-state index in [1.165, 1.54) is 12.1 Å². The lowest BCUT2D eigenvalue weighted by Crippen LogP contribution is -2.18. The molecule has 0 aliphatic heterocycles. The Morgan fingerprint density at radius 1 is 1.00 bits per heavy atom. The van der Waals surface area contributed by atoms with Crippen molar-refractivity contribution in [2.45, 2.75) is 6.42 Å². The zero-order valence-corrected chi connectivity index (χ0v) is 10.8. The Labute approximate surface area is 117 Å². The summed E-state index contributed by atoms with van der Waals surface area (Å²) >= 11 is 0. The summed E-state index contributed by atoms with van der Waals surface area (Å²) in [6.45, 7) is 0.439. The predicted molar refractivity (Wildman–Crippen MR) is 74.8 cm³/mol. The lowest BCUT2D eigenvalue weighted by atomic mass is 10.1. The van der Waals surface area contributed by atoms with Crippen molar-refractivity contribution in [2.24, 2.45) is 0 Å². The van der Waals surface area contributed by atoms with Crippen molar-refractivity contribution in [3.05, 3.63) is 59.9 Å². The molecule has 0 unspecified atom stereocenters. The van der Waals surface area contributed by atoms with E-state index < -0.39 is 5.82 Å². The van der Waals surface area contributed by atoms with Crippen LogP contribution in [-0.2, 0) is 0 Å². The van der Waals surface area contributed by atoms with E-state index in [9.17, 15) is 4.39 Å². The third-order valence-corrected chi connectivity index (χ3v) is 2.84. The predicted octanol–water partition coefficient (Wildman–Crippen LogP) is 3.75. The minimum atomic E-state index is -0.461. The average molecular weight is 265 g/mol. The number of halogens is 1. The van der Waals surface area contributed by atoms with Gasteiger partial charge in [0.05, 0.1) is 24.1 Å². The average Bonchev–Trinajstić information content (AvgIpc) is 2.48. The molecular weight excluding hydrogens is 253 g/mol. The summed E-state index contributed by atoms with van der Waals surface area (Å²) in [4.78, 5) is 1.83. The van der Waals surface area contributed by atoms with Gasteiger partial charge in [0.1, 0.15) is 5.82 Å². The number of nitriles is 2. The van der Waals surface area contributed by atoms with Gasteiger partial charge in [-0.3, -0.25) is 0 Å². The van der Waals surface area contributed by atoms with E-state index in [1.54, 1.807) is 6.07 Å². The van der Waals surface area contributed by atoms with Crippen LogP contribution in [0.4, 0.5) is 15.8 Å². The molecule has 0 N–H and O–H groups in total. The summed E-state index contributed by atoms with van der Waals surface area (Å²) in [6.07, 6.45) is 0.313. The Bertz CT molecular complexity index is 668. The van der Waals surface area contributed by atoms with Crippen molar-refractivity contribution >= 4 is 11.4 Å².